The van der Waals surface area contributed by atoms with Crippen LogP contribution in [0.4, 0.5) is 4.39 Å². The van der Waals surface area contributed by atoms with Gasteiger partial charge in [-0.05, 0) is 48.4 Å². The van der Waals surface area contributed by atoms with E-state index in [1.165, 1.54) is 18.1 Å². The first kappa shape index (κ1) is 16.3. The third-order valence-electron chi connectivity index (χ3n) is 3.53. The van der Waals surface area contributed by atoms with Gasteiger partial charge in [-0.2, -0.15) is 0 Å². The van der Waals surface area contributed by atoms with Crippen LogP contribution in [0.3, 0.4) is 0 Å². The lowest BCUT2D eigenvalue weighted by Gasteiger charge is -2.21. The zero-order valence-electron chi connectivity index (χ0n) is 13.4. The Morgan fingerprint density at radius 1 is 1.38 bits per heavy atom. The molecule has 21 heavy (non-hydrogen) atoms. The molecule has 1 aliphatic rings. The second kappa shape index (κ2) is 6.82. The van der Waals surface area contributed by atoms with Gasteiger partial charge < -0.3 is 5.32 Å². The minimum absolute atomic E-state index is 0.162. The molecule has 1 atom stereocenters. The summed E-state index contributed by atoms with van der Waals surface area (Å²) >= 11 is 1.86. The zero-order valence-corrected chi connectivity index (χ0v) is 14.2. The summed E-state index contributed by atoms with van der Waals surface area (Å²) in [5.74, 6) is -0.162. The van der Waals surface area contributed by atoms with E-state index in [1.54, 1.807) is 6.07 Å². The van der Waals surface area contributed by atoms with Crippen molar-refractivity contribution in [1.29, 1.82) is 0 Å². The molecule has 0 aliphatic carbocycles. The first-order valence-corrected chi connectivity index (χ1v) is 8.41. The number of rotatable bonds is 4. The maximum absolute atomic E-state index is 13.1. The number of aryl methyl sites for hydroxylation is 1. The van der Waals surface area contributed by atoms with Crippen LogP contribution in [0.1, 0.15) is 38.3 Å². The average molecular weight is 308 g/mol. The molecule has 116 valence electrons. The lowest BCUT2D eigenvalue weighted by atomic mass is 9.90. The number of halogens is 1. The van der Waals surface area contributed by atoms with Crippen molar-refractivity contribution in [2.24, 2.45) is 10.4 Å². The van der Waals surface area contributed by atoms with Gasteiger partial charge in [0.25, 0.3) is 0 Å². The highest BCUT2D eigenvalue weighted by Crippen LogP contribution is 2.31. The van der Waals surface area contributed by atoms with E-state index in [2.05, 4.69) is 31.1 Å². The summed E-state index contributed by atoms with van der Waals surface area (Å²) in [6.45, 7) is 10.5. The second-order valence-corrected chi connectivity index (χ2v) is 8.19. The van der Waals surface area contributed by atoms with Crippen LogP contribution < -0.4 is 5.32 Å². The molecule has 1 N–H and O–H groups in total. The number of thioether (sulfide) groups is 1. The maximum atomic E-state index is 13.1. The largest absolute Gasteiger partial charge is 0.365 e. The highest BCUT2D eigenvalue weighted by Gasteiger charge is 2.24. The van der Waals surface area contributed by atoms with Crippen LogP contribution in [0.5, 0.6) is 0 Å². The van der Waals surface area contributed by atoms with E-state index in [-0.39, 0.29) is 5.82 Å². The molecule has 1 unspecified atom stereocenters. The number of aliphatic imine (C=N–C) groups is 1. The molecule has 0 radical (unpaired) electrons. The van der Waals surface area contributed by atoms with Crippen molar-refractivity contribution < 1.29 is 4.39 Å². The SMILES string of the molecule is Cc1cc(F)ccc1CCNC1=NCC(CC(C)(C)C)S1. The third-order valence-corrected chi connectivity index (χ3v) is 4.68. The number of hydrogen-bond donors (Lipinski definition) is 1. The summed E-state index contributed by atoms with van der Waals surface area (Å²) in [6, 6.07) is 5.00. The van der Waals surface area contributed by atoms with Gasteiger partial charge in [0.15, 0.2) is 5.17 Å². The lowest BCUT2D eigenvalue weighted by Crippen LogP contribution is -2.23. The monoisotopic (exact) mass is 308 g/mol. The Morgan fingerprint density at radius 3 is 2.81 bits per heavy atom. The Balaban J connectivity index is 1.75. The van der Waals surface area contributed by atoms with Crippen molar-refractivity contribution in [2.45, 2.75) is 45.8 Å². The smallest absolute Gasteiger partial charge is 0.156 e. The highest BCUT2D eigenvalue weighted by atomic mass is 32.2. The van der Waals surface area contributed by atoms with Crippen LogP contribution >= 0.6 is 11.8 Å². The van der Waals surface area contributed by atoms with Crippen molar-refractivity contribution >= 4 is 16.9 Å². The number of amidine groups is 1. The molecule has 0 saturated carbocycles. The Labute approximate surface area is 131 Å². The van der Waals surface area contributed by atoms with Crippen molar-refractivity contribution in [1.82, 2.24) is 5.32 Å². The second-order valence-electron chi connectivity index (χ2n) is 6.90. The maximum Gasteiger partial charge on any atom is 0.156 e. The molecule has 2 rings (SSSR count). The Bertz CT molecular complexity index is 520. The minimum atomic E-state index is -0.162. The number of hydrogen-bond acceptors (Lipinski definition) is 3. The summed E-state index contributed by atoms with van der Waals surface area (Å²) < 4.78 is 13.1. The molecule has 2 nitrogen and oxygen atoms in total. The van der Waals surface area contributed by atoms with Gasteiger partial charge in [-0.25, -0.2) is 4.39 Å². The van der Waals surface area contributed by atoms with Gasteiger partial charge in [-0.1, -0.05) is 38.6 Å². The molecule has 1 aromatic carbocycles. The van der Waals surface area contributed by atoms with E-state index < -0.39 is 0 Å². The van der Waals surface area contributed by atoms with E-state index in [1.807, 2.05) is 24.8 Å². The molecule has 1 heterocycles. The molecule has 0 spiro atoms. The Morgan fingerprint density at radius 2 is 2.14 bits per heavy atom. The molecule has 1 aliphatic heterocycles. The lowest BCUT2D eigenvalue weighted by molar-refractivity contribution is 0.375. The fraction of sp³-hybridized carbons (Fsp3) is 0.588. The third kappa shape index (κ3) is 5.34. The van der Waals surface area contributed by atoms with Gasteiger partial charge in [0, 0.05) is 11.8 Å². The fourth-order valence-electron chi connectivity index (χ4n) is 2.55. The molecular formula is C17H25FN2S. The topological polar surface area (TPSA) is 24.4 Å². The number of nitrogens with one attached hydrogen (secondary N) is 1. The number of nitrogens with zero attached hydrogens (tertiary/aromatic N) is 1. The van der Waals surface area contributed by atoms with Gasteiger partial charge in [-0.3, -0.25) is 4.99 Å². The van der Waals surface area contributed by atoms with Crippen molar-refractivity contribution in [3.05, 3.63) is 35.1 Å². The first-order chi connectivity index (χ1) is 9.83. The normalized spacial score (nSPS) is 18.7. The average Bonchev–Trinajstić information content (AvgIpc) is 2.77. The van der Waals surface area contributed by atoms with Crippen molar-refractivity contribution in [3.63, 3.8) is 0 Å². The molecule has 0 saturated heterocycles. The highest BCUT2D eigenvalue weighted by molar-refractivity contribution is 8.14. The summed E-state index contributed by atoms with van der Waals surface area (Å²) in [5, 5.41) is 5.06. The van der Waals surface area contributed by atoms with E-state index >= 15 is 0 Å². The van der Waals surface area contributed by atoms with Gasteiger partial charge >= 0.3 is 0 Å². The van der Waals surface area contributed by atoms with Gasteiger partial charge in [0.2, 0.25) is 0 Å². The number of benzene rings is 1. The first-order valence-electron chi connectivity index (χ1n) is 7.53. The van der Waals surface area contributed by atoms with Crippen LogP contribution in [-0.2, 0) is 6.42 Å². The van der Waals surface area contributed by atoms with E-state index in [4.69, 9.17) is 0 Å². The van der Waals surface area contributed by atoms with Crippen LogP contribution in [0.2, 0.25) is 0 Å². The van der Waals surface area contributed by atoms with Crippen molar-refractivity contribution in [2.75, 3.05) is 13.1 Å². The van der Waals surface area contributed by atoms with Gasteiger partial charge in [0.05, 0.1) is 6.54 Å². The van der Waals surface area contributed by atoms with Crippen LogP contribution in [0, 0.1) is 18.2 Å². The van der Waals surface area contributed by atoms with Gasteiger partial charge in [-0.15, -0.1) is 0 Å². The zero-order chi connectivity index (χ0) is 15.5. The molecule has 0 aromatic heterocycles. The standard InChI is InChI=1S/C17H25FN2S/c1-12-9-14(18)6-5-13(12)7-8-19-16-20-11-15(21-16)10-17(2,3)4/h5-6,9,15H,7-8,10-11H2,1-4H3,(H,19,20). The fourth-order valence-corrected chi connectivity index (χ4v) is 3.93. The van der Waals surface area contributed by atoms with Crippen LogP contribution in [0.25, 0.3) is 0 Å². The van der Waals surface area contributed by atoms with Crippen LogP contribution in [-0.4, -0.2) is 23.5 Å². The summed E-state index contributed by atoms with van der Waals surface area (Å²) in [5.41, 5.74) is 2.57. The Kier molecular flexibility index (Phi) is 5.31. The van der Waals surface area contributed by atoms with E-state index in [0.29, 0.717) is 10.7 Å². The Hall–Kier alpha value is -1.03. The molecule has 0 fully saturated rings. The predicted octanol–water partition coefficient (Wildman–Crippen LogP) is 4.17. The van der Waals surface area contributed by atoms with E-state index in [9.17, 15) is 4.39 Å². The van der Waals surface area contributed by atoms with E-state index in [0.717, 1.165) is 30.2 Å². The summed E-state index contributed by atoms with van der Waals surface area (Å²) in [7, 11) is 0. The molecule has 0 amide bonds. The quantitative estimate of drug-likeness (QED) is 0.902. The molecule has 1 aromatic rings. The van der Waals surface area contributed by atoms with Crippen molar-refractivity contribution in [3.8, 4) is 0 Å². The molecule has 4 heteroatoms. The minimum Gasteiger partial charge on any atom is -0.365 e. The molecular weight excluding hydrogens is 283 g/mol. The summed E-state index contributed by atoms with van der Waals surface area (Å²) in [6.07, 6.45) is 2.08. The summed E-state index contributed by atoms with van der Waals surface area (Å²) in [4.78, 5) is 4.58. The van der Waals surface area contributed by atoms with Crippen LogP contribution in [0.15, 0.2) is 23.2 Å². The van der Waals surface area contributed by atoms with Gasteiger partial charge in [0.1, 0.15) is 5.82 Å². The molecule has 0 bridgehead atoms. The predicted molar refractivity (Wildman–Crippen MR) is 90.6 cm³/mol.